The van der Waals surface area contributed by atoms with E-state index in [-0.39, 0.29) is 0 Å². The van der Waals surface area contributed by atoms with E-state index in [2.05, 4.69) is 41.8 Å². The third kappa shape index (κ3) is 1.61. The largest absolute Gasteiger partial charge is 0.294 e. The van der Waals surface area contributed by atoms with Crippen LogP contribution in [0.1, 0.15) is 18.4 Å². The van der Waals surface area contributed by atoms with Crippen molar-refractivity contribution in [2.45, 2.75) is 19.4 Å². The van der Waals surface area contributed by atoms with Crippen molar-refractivity contribution in [1.82, 2.24) is 4.90 Å². The van der Waals surface area contributed by atoms with Crippen molar-refractivity contribution in [2.24, 2.45) is 5.41 Å². The molecule has 1 heterocycles. The van der Waals surface area contributed by atoms with Gasteiger partial charge in [-0.3, -0.25) is 4.90 Å². The predicted octanol–water partition coefficient (Wildman–Crippen LogP) is 2.84. The van der Waals surface area contributed by atoms with Gasteiger partial charge in [-0.25, -0.2) is 0 Å². The van der Waals surface area contributed by atoms with E-state index in [0.717, 1.165) is 13.1 Å². The molecule has 0 radical (unpaired) electrons. The van der Waals surface area contributed by atoms with Gasteiger partial charge in [-0.2, -0.15) is 0 Å². The second kappa shape index (κ2) is 3.21. The van der Waals surface area contributed by atoms with Gasteiger partial charge in [-0.15, -0.1) is 0 Å². The first-order valence-corrected chi connectivity index (χ1v) is 5.73. The molecular weight excluding hydrogens is 182 g/mol. The van der Waals surface area contributed by atoms with Crippen LogP contribution in [-0.2, 0) is 6.54 Å². The van der Waals surface area contributed by atoms with E-state index < -0.39 is 0 Å². The van der Waals surface area contributed by atoms with E-state index >= 15 is 0 Å². The van der Waals surface area contributed by atoms with Gasteiger partial charge in [0.1, 0.15) is 0 Å². The second-order valence-corrected chi connectivity index (χ2v) is 5.01. The van der Waals surface area contributed by atoms with E-state index in [9.17, 15) is 0 Å². The Morgan fingerprint density at radius 3 is 2.53 bits per heavy atom. The molecule has 2 fully saturated rings. The molecule has 0 unspecified atom stereocenters. The summed E-state index contributed by atoms with van der Waals surface area (Å²) in [6, 6.07) is 10.7. The molecule has 1 saturated heterocycles. The molecule has 78 valence electrons. The summed E-state index contributed by atoms with van der Waals surface area (Å²) in [5, 5.41) is 0. The summed E-state index contributed by atoms with van der Waals surface area (Å²) >= 11 is 0. The van der Waals surface area contributed by atoms with Gasteiger partial charge in [0.05, 0.1) is 0 Å². The highest BCUT2D eigenvalue weighted by molar-refractivity contribution is 5.26. The zero-order valence-corrected chi connectivity index (χ0v) is 9.08. The summed E-state index contributed by atoms with van der Waals surface area (Å²) in [6.45, 7) is 7.65. The van der Waals surface area contributed by atoms with Crippen LogP contribution >= 0.6 is 0 Å². The number of rotatable bonds is 2. The van der Waals surface area contributed by atoms with Crippen molar-refractivity contribution in [3.63, 3.8) is 0 Å². The molecule has 1 aliphatic heterocycles. The van der Waals surface area contributed by atoms with Gasteiger partial charge in [-0.1, -0.05) is 42.5 Å². The highest BCUT2D eigenvalue weighted by Crippen LogP contribution is 2.55. The van der Waals surface area contributed by atoms with E-state index in [1.807, 2.05) is 0 Å². The average molecular weight is 199 g/mol. The molecule has 1 nitrogen and oxygen atoms in total. The van der Waals surface area contributed by atoms with Crippen LogP contribution in [0.3, 0.4) is 0 Å². The molecule has 3 rings (SSSR count). The van der Waals surface area contributed by atoms with Crippen molar-refractivity contribution < 1.29 is 0 Å². The highest BCUT2D eigenvalue weighted by Gasteiger charge is 2.50. The lowest BCUT2D eigenvalue weighted by Crippen LogP contribution is -2.20. The van der Waals surface area contributed by atoms with E-state index in [4.69, 9.17) is 0 Å². The van der Waals surface area contributed by atoms with Crippen molar-refractivity contribution in [3.05, 3.63) is 48.0 Å². The first-order valence-electron chi connectivity index (χ1n) is 5.73. The van der Waals surface area contributed by atoms with Gasteiger partial charge < -0.3 is 0 Å². The molecule has 1 spiro atoms. The van der Waals surface area contributed by atoms with Crippen LogP contribution in [0.5, 0.6) is 0 Å². The van der Waals surface area contributed by atoms with Gasteiger partial charge in [-0.05, 0) is 18.4 Å². The number of hydrogen-bond acceptors (Lipinski definition) is 1. The Labute approximate surface area is 91.4 Å². The molecule has 1 aliphatic carbocycles. The molecule has 1 saturated carbocycles. The first kappa shape index (κ1) is 9.17. The minimum absolute atomic E-state index is 0.536. The number of nitrogens with zero attached hydrogens (tertiary/aromatic N) is 1. The minimum atomic E-state index is 0.536. The maximum Gasteiger partial charge on any atom is 0.0237 e. The summed E-state index contributed by atoms with van der Waals surface area (Å²) in [4.78, 5) is 2.53. The Morgan fingerprint density at radius 1 is 1.20 bits per heavy atom. The SMILES string of the molecule is C=C1CN(Cc2ccccc2)CC12CC2. The Kier molecular flexibility index (Phi) is 1.96. The Hall–Kier alpha value is -1.08. The van der Waals surface area contributed by atoms with Crippen molar-refractivity contribution in [3.8, 4) is 0 Å². The molecule has 0 N–H and O–H groups in total. The Balaban J connectivity index is 1.69. The molecular formula is C14H17N. The van der Waals surface area contributed by atoms with Crippen LogP contribution in [-0.4, -0.2) is 18.0 Å². The van der Waals surface area contributed by atoms with E-state index in [1.54, 1.807) is 0 Å². The van der Waals surface area contributed by atoms with Crippen LogP contribution in [0.4, 0.5) is 0 Å². The maximum absolute atomic E-state index is 4.22. The van der Waals surface area contributed by atoms with Crippen LogP contribution < -0.4 is 0 Å². The van der Waals surface area contributed by atoms with Crippen LogP contribution in [0.15, 0.2) is 42.5 Å². The van der Waals surface area contributed by atoms with Gasteiger partial charge >= 0.3 is 0 Å². The second-order valence-electron chi connectivity index (χ2n) is 5.01. The molecule has 1 aromatic carbocycles. The first-order chi connectivity index (χ1) is 7.28. The fourth-order valence-electron chi connectivity index (χ4n) is 2.65. The van der Waals surface area contributed by atoms with Crippen LogP contribution in [0.25, 0.3) is 0 Å². The zero-order valence-electron chi connectivity index (χ0n) is 9.08. The topological polar surface area (TPSA) is 3.24 Å². The smallest absolute Gasteiger partial charge is 0.0237 e. The molecule has 0 amide bonds. The number of benzene rings is 1. The van der Waals surface area contributed by atoms with Crippen LogP contribution in [0, 0.1) is 5.41 Å². The van der Waals surface area contributed by atoms with E-state index in [0.29, 0.717) is 5.41 Å². The quantitative estimate of drug-likeness (QED) is 0.662. The zero-order chi connectivity index (χ0) is 10.3. The predicted molar refractivity (Wildman–Crippen MR) is 62.5 cm³/mol. The molecule has 2 aliphatic rings. The van der Waals surface area contributed by atoms with Gasteiger partial charge in [0.25, 0.3) is 0 Å². The maximum atomic E-state index is 4.22. The standard InChI is InChI=1S/C14H17N/c1-12-9-15(11-14(12)7-8-14)10-13-5-3-2-4-6-13/h2-6H,1,7-11H2. The molecule has 15 heavy (non-hydrogen) atoms. The van der Waals surface area contributed by atoms with Crippen molar-refractivity contribution in [1.29, 1.82) is 0 Å². The fraction of sp³-hybridized carbons (Fsp3) is 0.429. The van der Waals surface area contributed by atoms with Crippen LogP contribution in [0.2, 0.25) is 0 Å². The summed E-state index contributed by atoms with van der Waals surface area (Å²) in [5.74, 6) is 0. The monoisotopic (exact) mass is 199 g/mol. The molecule has 0 bridgehead atoms. The third-order valence-corrected chi connectivity index (χ3v) is 3.79. The van der Waals surface area contributed by atoms with Gasteiger partial charge in [0.15, 0.2) is 0 Å². The lowest BCUT2D eigenvalue weighted by Gasteiger charge is -2.14. The Bertz CT molecular complexity index is 376. The minimum Gasteiger partial charge on any atom is -0.294 e. The molecule has 1 heteroatoms. The van der Waals surface area contributed by atoms with Crippen molar-refractivity contribution >= 4 is 0 Å². The van der Waals surface area contributed by atoms with Gasteiger partial charge in [0, 0.05) is 25.0 Å². The number of likely N-dealkylation sites (tertiary alicyclic amines) is 1. The lowest BCUT2D eigenvalue weighted by molar-refractivity contribution is 0.313. The summed E-state index contributed by atoms with van der Waals surface area (Å²) in [6.07, 6.45) is 2.74. The molecule has 0 aromatic heterocycles. The van der Waals surface area contributed by atoms with Crippen molar-refractivity contribution in [2.75, 3.05) is 13.1 Å². The fourth-order valence-corrected chi connectivity index (χ4v) is 2.65. The summed E-state index contributed by atoms with van der Waals surface area (Å²) in [5.41, 5.74) is 3.43. The highest BCUT2D eigenvalue weighted by atomic mass is 15.2. The summed E-state index contributed by atoms with van der Waals surface area (Å²) in [7, 11) is 0. The molecule has 1 aromatic rings. The lowest BCUT2D eigenvalue weighted by atomic mass is 10.0. The molecule has 0 atom stereocenters. The summed E-state index contributed by atoms with van der Waals surface area (Å²) < 4.78 is 0. The average Bonchev–Trinajstić information content (AvgIpc) is 2.93. The Morgan fingerprint density at radius 2 is 1.93 bits per heavy atom. The van der Waals surface area contributed by atoms with E-state index in [1.165, 1.54) is 30.5 Å². The normalized spacial score (nSPS) is 23.6. The number of hydrogen-bond donors (Lipinski definition) is 0. The third-order valence-electron chi connectivity index (χ3n) is 3.79. The van der Waals surface area contributed by atoms with Gasteiger partial charge in [0.2, 0.25) is 0 Å².